The lowest BCUT2D eigenvalue weighted by Gasteiger charge is -2.44. The Morgan fingerprint density at radius 1 is 1.10 bits per heavy atom. The monoisotopic (exact) mass is 394 g/mol. The third kappa shape index (κ3) is 3.91. The van der Waals surface area contributed by atoms with Gasteiger partial charge in [-0.05, 0) is 30.0 Å². The molecule has 0 spiro atoms. The quantitative estimate of drug-likeness (QED) is 0.789. The summed E-state index contributed by atoms with van der Waals surface area (Å²) >= 11 is 0. The summed E-state index contributed by atoms with van der Waals surface area (Å²) < 4.78 is 5.54. The van der Waals surface area contributed by atoms with E-state index in [4.69, 9.17) is 4.74 Å². The van der Waals surface area contributed by atoms with Crippen molar-refractivity contribution in [2.24, 2.45) is 0 Å². The fourth-order valence-electron chi connectivity index (χ4n) is 4.39. The van der Waals surface area contributed by atoms with Crippen molar-refractivity contribution < 1.29 is 19.4 Å². The Bertz CT molecular complexity index is 877. The maximum atomic E-state index is 13.1. The zero-order valence-electron chi connectivity index (χ0n) is 16.3. The number of fused-ring (bicyclic) bond motifs is 1. The lowest BCUT2D eigenvalue weighted by atomic mass is 9.84. The molecule has 4 rings (SSSR count). The highest BCUT2D eigenvalue weighted by molar-refractivity contribution is 5.99. The molecular formula is C23H26N2O4. The van der Waals surface area contributed by atoms with E-state index in [0.717, 1.165) is 16.7 Å². The second-order valence-electron chi connectivity index (χ2n) is 7.78. The van der Waals surface area contributed by atoms with E-state index in [1.807, 2.05) is 59.5 Å². The molecule has 0 saturated carbocycles. The first kappa shape index (κ1) is 19.6. The molecule has 1 fully saturated rings. The largest absolute Gasteiger partial charge is 0.394 e. The Labute approximate surface area is 170 Å². The second kappa shape index (κ2) is 8.35. The Morgan fingerprint density at radius 2 is 1.79 bits per heavy atom. The lowest BCUT2D eigenvalue weighted by molar-refractivity contribution is -0.126. The van der Waals surface area contributed by atoms with Crippen LogP contribution in [0.25, 0.3) is 0 Å². The molecule has 0 unspecified atom stereocenters. The van der Waals surface area contributed by atoms with Crippen molar-refractivity contribution in [2.45, 2.75) is 37.4 Å². The normalized spacial score (nSPS) is 18.9. The van der Waals surface area contributed by atoms with Crippen LogP contribution in [0.5, 0.6) is 0 Å². The molecule has 2 aliphatic heterocycles. The average Bonchev–Trinajstić information content (AvgIpc) is 3.11. The zero-order valence-corrected chi connectivity index (χ0v) is 16.3. The Hall–Kier alpha value is -2.70. The molecule has 2 N–H and O–H groups in total. The van der Waals surface area contributed by atoms with E-state index in [1.165, 1.54) is 0 Å². The van der Waals surface area contributed by atoms with Crippen molar-refractivity contribution in [1.82, 2.24) is 10.2 Å². The number of aliphatic hydroxyl groups excluding tert-OH is 1. The van der Waals surface area contributed by atoms with Crippen molar-refractivity contribution in [1.29, 1.82) is 0 Å². The highest BCUT2D eigenvalue weighted by Crippen LogP contribution is 2.38. The van der Waals surface area contributed by atoms with Gasteiger partial charge in [-0.3, -0.25) is 9.59 Å². The molecule has 1 atom stereocenters. The number of rotatable bonds is 6. The molecule has 29 heavy (non-hydrogen) atoms. The van der Waals surface area contributed by atoms with Crippen molar-refractivity contribution in [3.8, 4) is 0 Å². The third-order valence-electron chi connectivity index (χ3n) is 6.03. The van der Waals surface area contributed by atoms with Crippen molar-refractivity contribution in [3.63, 3.8) is 0 Å². The Morgan fingerprint density at radius 3 is 2.48 bits per heavy atom. The Balaban J connectivity index is 1.53. The molecule has 6 heteroatoms. The standard InChI is InChI=1S/C23H26N2O4/c26-16-20(17-6-2-1-3-7-17)24-21(27)14-23(10-12-29-13-11-23)25-15-18-8-4-5-9-19(18)22(25)28/h1-9,20,26H,10-16H2,(H,24,27)/t20-/m1/s1. The zero-order chi connectivity index (χ0) is 20.3. The van der Waals surface area contributed by atoms with Gasteiger partial charge in [0.25, 0.3) is 5.91 Å². The predicted octanol–water partition coefficient (Wildman–Crippen LogP) is 2.43. The Kier molecular flexibility index (Phi) is 5.65. The first-order valence-electron chi connectivity index (χ1n) is 10.1. The van der Waals surface area contributed by atoms with Gasteiger partial charge in [-0.15, -0.1) is 0 Å². The first-order valence-corrected chi connectivity index (χ1v) is 10.1. The SMILES string of the molecule is O=C(CC1(N2Cc3ccccc3C2=O)CCOCC1)N[C@H](CO)c1ccccc1. The summed E-state index contributed by atoms with van der Waals surface area (Å²) in [5, 5.41) is 12.7. The molecule has 2 heterocycles. The van der Waals surface area contributed by atoms with Crippen LogP contribution >= 0.6 is 0 Å². The molecule has 152 valence electrons. The summed E-state index contributed by atoms with van der Waals surface area (Å²) in [5.74, 6) is -0.185. The van der Waals surface area contributed by atoms with Crippen molar-refractivity contribution in [3.05, 3.63) is 71.3 Å². The molecule has 0 aliphatic carbocycles. The van der Waals surface area contributed by atoms with E-state index in [0.29, 0.717) is 32.6 Å². The maximum Gasteiger partial charge on any atom is 0.254 e. The molecular weight excluding hydrogens is 368 g/mol. The van der Waals surface area contributed by atoms with Crippen LogP contribution in [0.15, 0.2) is 54.6 Å². The van der Waals surface area contributed by atoms with Gasteiger partial charge in [0.15, 0.2) is 0 Å². The van der Waals surface area contributed by atoms with Crippen LogP contribution in [0.3, 0.4) is 0 Å². The fourth-order valence-corrected chi connectivity index (χ4v) is 4.39. The van der Waals surface area contributed by atoms with Gasteiger partial charge in [0.05, 0.1) is 24.6 Å². The van der Waals surface area contributed by atoms with Gasteiger partial charge in [0, 0.05) is 25.3 Å². The van der Waals surface area contributed by atoms with Gasteiger partial charge >= 0.3 is 0 Å². The summed E-state index contributed by atoms with van der Waals surface area (Å²) in [4.78, 5) is 27.9. The molecule has 2 aromatic rings. The van der Waals surface area contributed by atoms with Crippen LogP contribution in [0.2, 0.25) is 0 Å². The van der Waals surface area contributed by atoms with E-state index >= 15 is 0 Å². The molecule has 0 aromatic heterocycles. The van der Waals surface area contributed by atoms with Crippen molar-refractivity contribution >= 4 is 11.8 Å². The summed E-state index contributed by atoms with van der Waals surface area (Å²) in [6.07, 6.45) is 1.43. The summed E-state index contributed by atoms with van der Waals surface area (Å²) in [6, 6.07) is 16.6. The van der Waals surface area contributed by atoms with Gasteiger partial charge in [-0.25, -0.2) is 0 Å². The van der Waals surface area contributed by atoms with E-state index in [9.17, 15) is 14.7 Å². The summed E-state index contributed by atoms with van der Waals surface area (Å²) in [5.41, 5.74) is 2.00. The van der Waals surface area contributed by atoms with Gasteiger partial charge in [-0.1, -0.05) is 48.5 Å². The number of hydrogen-bond donors (Lipinski definition) is 2. The third-order valence-corrected chi connectivity index (χ3v) is 6.03. The van der Waals surface area contributed by atoms with Crippen LogP contribution in [-0.2, 0) is 16.1 Å². The highest BCUT2D eigenvalue weighted by atomic mass is 16.5. The van der Waals surface area contributed by atoms with Gasteiger partial charge in [0.1, 0.15) is 0 Å². The molecule has 6 nitrogen and oxygen atoms in total. The van der Waals surface area contributed by atoms with Crippen molar-refractivity contribution in [2.75, 3.05) is 19.8 Å². The minimum absolute atomic E-state index is 0.0166. The van der Waals surface area contributed by atoms with Crippen LogP contribution in [0, 0.1) is 0 Å². The number of ether oxygens (including phenoxy) is 1. The molecule has 0 bridgehead atoms. The van der Waals surface area contributed by atoms with Gasteiger partial charge in [0.2, 0.25) is 5.91 Å². The van der Waals surface area contributed by atoms with Gasteiger partial charge < -0.3 is 20.1 Å². The van der Waals surface area contributed by atoms with Crippen LogP contribution in [-0.4, -0.2) is 47.2 Å². The number of nitrogens with zero attached hydrogens (tertiary/aromatic N) is 1. The number of benzene rings is 2. The fraction of sp³-hybridized carbons (Fsp3) is 0.391. The molecule has 2 amide bonds. The number of carbonyl (C=O) groups is 2. The second-order valence-corrected chi connectivity index (χ2v) is 7.78. The topological polar surface area (TPSA) is 78.9 Å². The number of carbonyl (C=O) groups excluding carboxylic acids is 2. The number of nitrogens with one attached hydrogen (secondary N) is 1. The molecule has 1 saturated heterocycles. The van der Waals surface area contributed by atoms with Crippen LogP contribution in [0.1, 0.15) is 46.8 Å². The van der Waals surface area contributed by atoms with E-state index < -0.39 is 11.6 Å². The van der Waals surface area contributed by atoms with Gasteiger partial charge in [-0.2, -0.15) is 0 Å². The smallest absolute Gasteiger partial charge is 0.254 e. The maximum absolute atomic E-state index is 13.1. The molecule has 2 aromatic carbocycles. The van der Waals surface area contributed by atoms with E-state index in [1.54, 1.807) is 0 Å². The summed E-state index contributed by atoms with van der Waals surface area (Å²) in [7, 11) is 0. The number of amides is 2. The minimum Gasteiger partial charge on any atom is -0.394 e. The van der Waals surface area contributed by atoms with E-state index in [-0.39, 0.29) is 24.8 Å². The summed E-state index contributed by atoms with van der Waals surface area (Å²) in [6.45, 7) is 1.38. The average molecular weight is 394 g/mol. The number of aliphatic hydroxyl groups is 1. The first-order chi connectivity index (χ1) is 14.1. The highest BCUT2D eigenvalue weighted by Gasteiger charge is 2.46. The molecule has 0 radical (unpaired) electrons. The molecule has 2 aliphatic rings. The lowest BCUT2D eigenvalue weighted by Crippen LogP contribution is -2.54. The minimum atomic E-state index is -0.574. The van der Waals surface area contributed by atoms with Crippen LogP contribution < -0.4 is 5.32 Å². The predicted molar refractivity (Wildman–Crippen MR) is 108 cm³/mol. The van der Waals surface area contributed by atoms with E-state index in [2.05, 4.69) is 5.32 Å². The van der Waals surface area contributed by atoms with Crippen LogP contribution in [0.4, 0.5) is 0 Å². The number of hydrogen-bond acceptors (Lipinski definition) is 4.